The number of hydrogen-bond acceptors (Lipinski definition) is 5. The Labute approximate surface area is 145 Å². The molecule has 0 bridgehead atoms. The van der Waals surface area contributed by atoms with Gasteiger partial charge in [0, 0.05) is 24.4 Å². The first-order valence-electron chi connectivity index (χ1n) is 7.86. The Morgan fingerprint density at radius 1 is 1.24 bits per heavy atom. The average Bonchev–Trinajstić information content (AvgIpc) is 3.02. The first-order chi connectivity index (χ1) is 12.2. The normalized spacial score (nSPS) is 10.5. The molecule has 2 aromatic heterocycles. The molecule has 0 aliphatic rings. The minimum Gasteiger partial charge on any atom is -0.473 e. The lowest BCUT2D eigenvalue weighted by Gasteiger charge is -2.07. The molecule has 25 heavy (non-hydrogen) atoms. The van der Waals surface area contributed by atoms with E-state index in [0.29, 0.717) is 23.7 Å². The molecule has 0 aliphatic carbocycles. The topological polar surface area (TPSA) is 77.2 Å². The van der Waals surface area contributed by atoms with Gasteiger partial charge in [0.15, 0.2) is 0 Å². The van der Waals surface area contributed by atoms with Gasteiger partial charge in [0.2, 0.25) is 5.88 Å². The zero-order chi connectivity index (χ0) is 17.6. The van der Waals surface area contributed by atoms with Crippen molar-refractivity contribution in [3.05, 3.63) is 72.5 Å². The molecule has 6 heteroatoms. The summed E-state index contributed by atoms with van der Waals surface area (Å²) >= 11 is 0. The maximum absolute atomic E-state index is 11.7. The number of aromatic nitrogens is 2. The van der Waals surface area contributed by atoms with Crippen LogP contribution in [0.3, 0.4) is 0 Å². The number of ether oxygens (including phenoxy) is 1. The highest BCUT2D eigenvalue weighted by Crippen LogP contribution is 2.26. The van der Waals surface area contributed by atoms with Crippen LogP contribution in [0.1, 0.15) is 21.7 Å². The Morgan fingerprint density at radius 2 is 2.04 bits per heavy atom. The predicted molar refractivity (Wildman–Crippen MR) is 92.9 cm³/mol. The molecule has 1 radical (unpaired) electrons. The summed E-state index contributed by atoms with van der Waals surface area (Å²) < 4.78 is 11.0. The molecule has 1 amide bonds. The zero-order valence-electron chi connectivity index (χ0n) is 13.9. The summed E-state index contributed by atoms with van der Waals surface area (Å²) in [7, 11) is 0. The number of benzene rings is 1. The SMILES string of the molecule is [CH2]CNC(=O)c1ccc(OCc2c(-c3ccccc3)noc2C)nc1. The second-order valence-electron chi connectivity index (χ2n) is 5.36. The number of carbonyl (C=O) groups is 1. The maximum atomic E-state index is 11.7. The average molecular weight is 336 g/mol. The van der Waals surface area contributed by atoms with Gasteiger partial charge in [-0.25, -0.2) is 4.98 Å². The third kappa shape index (κ3) is 3.85. The van der Waals surface area contributed by atoms with Crippen LogP contribution in [0.25, 0.3) is 11.3 Å². The standard InChI is InChI=1S/C19H18N3O3/c1-3-20-19(23)15-9-10-17(21-11-15)24-12-16-13(2)25-22-18(16)14-7-5-4-6-8-14/h4-11H,1,3,12H2,2H3,(H,20,23). The smallest absolute Gasteiger partial charge is 0.252 e. The minimum atomic E-state index is -0.213. The lowest BCUT2D eigenvalue weighted by atomic mass is 10.1. The fraction of sp³-hybridized carbons (Fsp3) is 0.158. The van der Waals surface area contributed by atoms with E-state index in [0.717, 1.165) is 16.8 Å². The molecule has 0 saturated heterocycles. The lowest BCUT2D eigenvalue weighted by Crippen LogP contribution is -2.22. The van der Waals surface area contributed by atoms with E-state index >= 15 is 0 Å². The molecule has 0 saturated carbocycles. The van der Waals surface area contributed by atoms with Crippen molar-refractivity contribution in [1.29, 1.82) is 0 Å². The third-order valence-electron chi connectivity index (χ3n) is 3.68. The minimum absolute atomic E-state index is 0.213. The van der Waals surface area contributed by atoms with Gasteiger partial charge < -0.3 is 14.6 Å². The van der Waals surface area contributed by atoms with Crippen LogP contribution in [0.4, 0.5) is 0 Å². The van der Waals surface area contributed by atoms with Gasteiger partial charge in [0.05, 0.1) is 11.1 Å². The van der Waals surface area contributed by atoms with E-state index in [1.54, 1.807) is 12.1 Å². The van der Waals surface area contributed by atoms with E-state index in [9.17, 15) is 4.79 Å². The molecule has 3 aromatic rings. The highest BCUT2D eigenvalue weighted by Gasteiger charge is 2.15. The van der Waals surface area contributed by atoms with Gasteiger partial charge in [-0.05, 0) is 19.9 Å². The van der Waals surface area contributed by atoms with Gasteiger partial charge in [-0.1, -0.05) is 35.5 Å². The third-order valence-corrected chi connectivity index (χ3v) is 3.68. The fourth-order valence-corrected chi connectivity index (χ4v) is 2.35. The fourth-order valence-electron chi connectivity index (χ4n) is 2.35. The number of rotatable bonds is 6. The molecule has 0 fully saturated rings. The number of pyridine rings is 1. The number of aryl methyl sites for hydroxylation is 1. The Bertz CT molecular complexity index is 842. The van der Waals surface area contributed by atoms with Crippen LogP contribution in [-0.2, 0) is 6.61 Å². The van der Waals surface area contributed by atoms with Crippen LogP contribution in [-0.4, -0.2) is 22.6 Å². The Morgan fingerprint density at radius 3 is 2.72 bits per heavy atom. The van der Waals surface area contributed by atoms with E-state index in [1.807, 2.05) is 37.3 Å². The lowest BCUT2D eigenvalue weighted by molar-refractivity contribution is 0.0957. The molecule has 0 atom stereocenters. The number of nitrogens with one attached hydrogen (secondary N) is 1. The summed E-state index contributed by atoms with van der Waals surface area (Å²) in [6.45, 7) is 6.02. The first kappa shape index (κ1) is 16.7. The van der Waals surface area contributed by atoms with Crippen molar-refractivity contribution in [3.8, 4) is 17.1 Å². The Kier molecular flexibility index (Phi) is 5.09. The number of hydrogen-bond donors (Lipinski definition) is 1. The van der Waals surface area contributed by atoms with E-state index < -0.39 is 0 Å². The number of nitrogens with zero attached hydrogens (tertiary/aromatic N) is 2. The Balaban J connectivity index is 1.72. The van der Waals surface area contributed by atoms with Crippen LogP contribution >= 0.6 is 0 Å². The summed E-state index contributed by atoms with van der Waals surface area (Å²) in [4.78, 5) is 15.9. The maximum Gasteiger partial charge on any atom is 0.252 e. The van der Waals surface area contributed by atoms with E-state index in [2.05, 4.69) is 22.4 Å². The van der Waals surface area contributed by atoms with Gasteiger partial charge in [-0.2, -0.15) is 0 Å². The highest BCUT2D eigenvalue weighted by molar-refractivity contribution is 5.93. The van der Waals surface area contributed by atoms with Crippen molar-refractivity contribution >= 4 is 5.91 Å². The molecule has 0 unspecified atom stereocenters. The van der Waals surface area contributed by atoms with Crippen molar-refractivity contribution in [2.24, 2.45) is 0 Å². The van der Waals surface area contributed by atoms with Crippen molar-refractivity contribution in [1.82, 2.24) is 15.5 Å². The van der Waals surface area contributed by atoms with Crippen molar-refractivity contribution in [3.63, 3.8) is 0 Å². The first-order valence-corrected chi connectivity index (χ1v) is 7.86. The second-order valence-corrected chi connectivity index (χ2v) is 5.36. The molecule has 2 heterocycles. The van der Waals surface area contributed by atoms with Crippen molar-refractivity contribution < 1.29 is 14.1 Å². The Hall–Kier alpha value is -3.15. The molecule has 0 aliphatic heterocycles. The van der Waals surface area contributed by atoms with Gasteiger partial charge in [-0.3, -0.25) is 4.79 Å². The van der Waals surface area contributed by atoms with E-state index in [1.165, 1.54) is 6.20 Å². The second kappa shape index (κ2) is 7.61. The zero-order valence-corrected chi connectivity index (χ0v) is 13.9. The largest absolute Gasteiger partial charge is 0.473 e. The van der Waals surface area contributed by atoms with Gasteiger partial charge in [0.1, 0.15) is 18.1 Å². The van der Waals surface area contributed by atoms with Gasteiger partial charge >= 0.3 is 0 Å². The molecule has 3 rings (SSSR count). The van der Waals surface area contributed by atoms with Crippen LogP contribution < -0.4 is 10.1 Å². The monoisotopic (exact) mass is 336 g/mol. The van der Waals surface area contributed by atoms with Crippen LogP contribution in [0.15, 0.2) is 53.2 Å². The summed E-state index contributed by atoms with van der Waals surface area (Å²) in [5.74, 6) is 0.909. The van der Waals surface area contributed by atoms with Crippen LogP contribution in [0.2, 0.25) is 0 Å². The van der Waals surface area contributed by atoms with Crippen molar-refractivity contribution in [2.75, 3.05) is 6.54 Å². The van der Waals surface area contributed by atoms with Crippen LogP contribution in [0, 0.1) is 13.8 Å². The summed E-state index contributed by atoms with van der Waals surface area (Å²) in [6, 6.07) is 13.1. The molecule has 6 nitrogen and oxygen atoms in total. The molecule has 0 spiro atoms. The van der Waals surface area contributed by atoms with Gasteiger partial charge in [-0.15, -0.1) is 0 Å². The van der Waals surface area contributed by atoms with Crippen molar-refractivity contribution in [2.45, 2.75) is 13.5 Å². The molecule has 1 N–H and O–H groups in total. The summed E-state index contributed by atoms with van der Waals surface area (Å²) in [5.41, 5.74) is 3.05. The summed E-state index contributed by atoms with van der Waals surface area (Å²) in [5, 5.41) is 6.74. The number of amides is 1. The summed E-state index contributed by atoms with van der Waals surface area (Å²) in [6.07, 6.45) is 1.47. The highest BCUT2D eigenvalue weighted by atomic mass is 16.5. The number of carbonyl (C=O) groups excluding carboxylic acids is 1. The molecular formula is C19H18N3O3. The molecule has 127 valence electrons. The molecular weight excluding hydrogens is 318 g/mol. The van der Waals surface area contributed by atoms with E-state index in [4.69, 9.17) is 9.26 Å². The van der Waals surface area contributed by atoms with Gasteiger partial charge in [0.25, 0.3) is 5.91 Å². The quantitative estimate of drug-likeness (QED) is 0.748. The predicted octanol–water partition coefficient (Wildman–Crippen LogP) is 3.19. The van der Waals surface area contributed by atoms with Crippen LogP contribution in [0.5, 0.6) is 5.88 Å². The van der Waals surface area contributed by atoms with E-state index in [-0.39, 0.29) is 12.5 Å². The molecule has 1 aromatic carbocycles.